The Bertz CT molecular complexity index is 954. The van der Waals surface area contributed by atoms with E-state index < -0.39 is 11.9 Å². The first-order chi connectivity index (χ1) is 12.5. The molecule has 8 nitrogen and oxygen atoms in total. The van der Waals surface area contributed by atoms with E-state index in [1.807, 2.05) is 4.90 Å². The summed E-state index contributed by atoms with van der Waals surface area (Å²) in [5.74, 6) is -0.384. The van der Waals surface area contributed by atoms with Crippen LogP contribution in [0.15, 0.2) is 31.1 Å². The van der Waals surface area contributed by atoms with Crippen molar-refractivity contribution in [1.82, 2.24) is 14.9 Å². The summed E-state index contributed by atoms with van der Waals surface area (Å²) in [6, 6.07) is 2.44. The van der Waals surface area contributed by atoms with Gasteiger partial charge in [0.2, 0.25) is 17.5 Å². The van der Waals surface area contributed by atoms with Crippen molar-refractivity contribution in [3.63, 3.8) is 0 Å². The molecule has 9 heteroatoms. The van der Waals surface area contributed by atoms with Crippen molar-refractivity contribution >= 4 is 45.8 Å². The second kappa shape index (κ2) is 6.98. The van der Waals surface area contributed by atoms with Crippen molar-refractivity contribution < 1.29 is 9.59 Å². The third-order valence-corrected chi connectivity index (χ3v) is 4.57. The molecule has 1 saturated heterocycles. The van der Waals surface area contributed by atoms with E-state index in [4.69, 9.17) is 23.9 Å². The molecule has 2 heterocycles. The zero-order chi connectivity index (χ0) is 18.8. The van der Waals surface area contributed by atoms with Gasteiger partial charge < -0.3 is 15.5 Å². The number of amides is 2. The quantitative estimate of drug-likeness (QED) is 0.652. The molecule has 1 aromatic heterocycles. The molecule has 1 aliphatic heterocycles. The molecule has 2 N–H and O–H groups in total. The second-order valence-corrected chi connectivity index (χ2v) is 6.14. The monoisotopic (exact) mass is 370 g/mol. The minimum Gasteiger partial charge on any atom is -0.368 e. The molecule has 0 aliphatic carbocycles. The van der Waals surface area contributed by atoms with Gasteiger partial charge in [-0.3, -0.25) is 9.59 Å². The number of carbonyl (C=O) groups is 2. The van der Waals surface area contributed by atoms with Crippen LogP contribution in [0.25, 0.3) is 15.7 Å². The Morgan fingerprint density at radius 2 is 2.15 bits per heavy atom. The van der Waals surface area contributed by atoms with Gasteiger partial charge in [-0.1, -0.05) is 18.2 Å². The van der Waals surface area contributed by atoms with Crippen molar-refractivity contribution in [3.8, 4) is 0 Å². The molecule has 26 heavy (non-hydrogen) atoms. The number of nitrogens with zero attached hydrogens (tertiary/aromatic N) is 5. The molecule has 1 aliphatic rings. The van der Waals surface area contributed by atoms with E-state index in [0.29, 0.717) is 40.5 Å². The van der Waals surface area contributed by atoms with Gasteiger partial charge in [0, 0.05) is 30.0 Å². The third kappa shape index (κ3) is 3.05. The number of halogens is 1. The summed E-state index contributed by atoms with van der Waals surface area (Å²) < 4.78 is 0. The fourth-order valence-corrected chi connectivity index (χ4v) is 3.19. The van der Waals surface area contributed by atoms with E-state index in [-0.39, 0.29) is 12.5 Å². The Kier molecular flexibility index (Phi) is 4.73. The number of fused-ring (bicyclic) bond motifs is 1. The van der Waals surface area contributed by atoms with Crippen LogP contribution in [0.5, 0.6) is 0 Å². The molecular formula is C17H15ClN6O2. The van der Waals surface area contributed by atoms with E-state index in [2.05, 4.69) is 21.4 Å². The van der Waals surface area contributed by atoms with E-state index >= 15 is 0 Å². The first-order valence-corrected chi connectivity index (χ1v) is 8.13. The van der Waals surface area contributed by atoms with Gasteiger partial charge in [-0.2, -0.15) is 0 Å². The summed E-state index contributed by atoms with van der Waals surface area (Å²) in [6.07, 6.45) is 2.56. The lowest BCUT2D eigenvalue weighted by atomic mass is 10.1. The number of hydrogen-bond donors (Lipinski definition) is 1. The number of hydrogen-bond acceptors (Lipinski definition) is 5. The van der Waals surface area contributed by atoms with Gasteiger partial charge in [-0.25, -0.2) is 14.8 Å². The zero-order valence-corrected chi connectivity index (χ0v) is 14.5. The molecule has 1 fully saturated rings. The third-order valence-electron chi connectivity index (χ3n) is 4.27. The number of benzene rings is 1. The predicted molar refractivity (Wildman–Crippen MR) is 97.9 cm³/mol. The standard InChI is InChI=1S/C17H15ClN6O2/c1-3-15(25)24-5-4-23(8-14(24)16(19)26)17-10-6-13(20-2)11(18)7-12(10)21-9-22-17/h3,6-7,9,14H,1,4-5,8H2,(H2,19,26). The summed E-state index contributed by atoms with van der Waals surface area (Å²) in [5, 5.41) is 0.961. The smallest absolute Gasteiger partial charge is 0.246 e. The topological polar surface area (TPSA) is 96.8 Å². The van der Waals surface area contributed by atoms with E-state index in [9.17, 15) is 9.59 Å². The van der Waals surface area contributed by atoms with Crippen molar-refractivity contribution in [1.29, 1.82) is 0 Å². The summed E-state index contributed by atoms with van der Waals surface area (Å²) in [4.78, 5) is 39.0. The number of rotatable bonds is 3. The van der Waals surface area contributed by atoms with Crippen LogP contribution in [-0.4, -0.2) is 52.4 Å². The zero-order valence-electron chi connectivity index (χ0n) is 13.7. The highest BCUT2D eigenvalue weighted by atomic mass is 35.5. The molecule has 1 aromatic carbocycles. The highest BCUT2D eigenvalue weighted by molar-refractivity contribution is 6.34. The SMILES string of the molecule is [C-]#[N+]c1cc2c(N3CCN(C(=O)C=C)C(C(N)=O)C3)ncnc2cc1Cl. The molecule has 0 saturated carbocycles. The van der Waals surface area contributed by atoms with Crippen molar-refractivity contribution in [2.24, 2.45) is 5.73 Å². The Labute approximate surface area is 154 Å². The van der Waals surface area contributed by atoms with Gasteiger partial charge in [0.15, 0.2) is 0 Å². The summed E-state index contributed by atoms with van der Waals surface area (Å²) in [6.45, 7) is 11.6. The molecule has 0 radical (unpaired) electrons. The normalized spacial score (nSPS) is 17.0. The number of aromatic nitrogens is 2. The number of nitrogens with two attached hydrogens (primary N) is 1. The molecule has 1 atom stereocenters. The fourth-order valence-electron chi connectivity index (χ4n) is 2.99. The minimum atomic E-state index is -0.799. The lowest BCUT2D eigenvalue weighted by Gasteiger charge is -2.40. The molecule has 132 valence electrons. The maximum absolute atomic E-state index is 12.0. The average Bonchev–Trinajstić information content (AvgIpc) is 2.65. The van der Waals surface area contributed by atoms with Gasteiger partial charge in [-0.15, -0.1) is 0 Å². The van der Waals surface area contributed by atoms with Crippen LogP contribution in [0.1, 0.15) is 0 Å². The second-order valence-electron chi connectivity index (χ2n) is 5.73. The number of anilines is 1. The number of primary amides is 1. The molecule has 2 aromatic rings. The first kappa shape index (κ1) is 17.6. The summed E-state index contributed by atoms with van der Waals surface area (Å²) in [7, 11) is 0. The van der Waals surface area contributed by atoms with Crippen LogP contribution in [0.3, 0.4) is 0 Å². The maximum Gasteiger partial charge on any atom is 0.246 e. The number of carbonyl (C=O) groups excluding carboxylic acids is 2. The lowest BCUT2D eigenvalue weighted by Crippen LogP contribution is -2.59. The van der Waals surface area contributed by atoms with Crippen molar-refractivity contribution in [2.45, 2.75) is 6.04 Å². The summed E-state index contributed by atoms with van der Waals surface area (Å²) in [5.41, 5.74) is 6.37. The fraction of sp³-hybridized carbons (Fsp3) is 0.235. The average molecular weight is 371 g/mol. The van der Waals surface area contributed by atoms with Crippen LogP contribution in [0, 0.1) is 6.57 Å². The van der Waals surface area contributed by atoms with Crippen molar-refractivity contribution in [3.05, 3.63) is 47.6 Å². The molecule has 0 spiro atoms. The lowest BCUT2D eigenvalue weighted by molar-refractivity contribution is -0.136. The molecule has 3 rings (SSSR count). The van der Waals surface area contributed by atoms with Gasteiger partial charge in [0.05, 0.1) is 12.1 Å². The highest BCUT2D eigenvalue weighted by Gasteiger charge is 2.34. The Morgan fingerprint density at radius 3 is 2.81 bits per heavy atom. The van der Waals surface area contributed by atoms with E-state index in [1.54, 1.807) is 12.1 Å². The van der Waals surface area contributed by atoms with Gasteiger partial charge in [0.25, 0.3) is 0 Å². The molecule has 2 amide bonds. The Morgan fingerprint density at radius 1 is 1.38 bits per heavy atom. The van der Waals surface area contributed by atoms with Gasteiger partial charge in [0.1, 0.15) is 18.2 Å². The minimum absolute atomic E-state index is 0.191. The van der Waals surface area contributed by atoms with Crippen LogP contribution in [0.2, 0.25) is 5.02 Å². The van der Waals surface area contributed by atoms with E-state index in [1.165, 1.54) is 11.2 Å². The van der Waals surface area contributed by atoms with Crippen LogP contribution < -0.4 is 10.6 Å². The van der Waals surface area contributed by atoms with Gasteiger partial charge >= 0.3 is 0 Å². The highest BCUT2D eigenvalue weighted by Crippen LogP contribution is 2.33. The van der Waals surface area contributed by atoms with Gasteiger partial charge in [-0.05, 0) is 18.2 Å². The van der Waals surface area contributed by atoms with Crippen LogP contribution in [0.4, 0.5) is 11.5 Å². The molecule has 1 unspecified atom stereocenters. The largest absolute Gasteiger partial charge is 0.368 e. The first-order valence-electron chi connectivity index (χ1n) is 7.75. The predicted octanol–water partition coefficient (Wildman–Crippen LogP) is 1.52. The summed E-state index contributed by atoms with van der Waals surface area (Å²) >= 11 is 6.07. The Balaban J connectivity index is 2.02. The van der Waals surface area contributed by atoms with Crippen molar-refractivity contribution in [2.75, 3.05) is 24.5 Å². The van der Waals surface area contributed by atoms with Crippen LogP contribution in [-0.2, 0) is 9.59 Å². The maximum atomic E-state index is 12.0. The Hall–Kier alpha value is -3.18. The number of piperazine rings is 1. The van der Waals surface area contributed by atoms with E-state index in [0.717, 1.165) is 6.08 Å². The van der Waals surface area contributed by atoms with Crippen LogP contribution >= 0.6 is 11.6 Å². The molecule has 0 bridgehead atoms. The molecular weight excluding hydrogens is 356 g/mol.